The molecule has 0 aliphatic carbocycles. The molecule has 1 aliphatic rings. The molecule has 3 heterocycles. The molecule has 164 valence electrons. The topological polar surface area (TPSA) is 75.2 Å². The van der Waals surface area contributed by atoms with E-state index >= 15 is 0 Å². The highest BCUT2D eigenvalue weighted by atomic mass is 35.5. The summed E-state index contributed by atoms with van der Waals surface area (Å²) in [5.41, 5.74) is 8.44. The second kappa shape index (κ2) is 8.05. The van der Waals surface area contributed by atoms with Gasteiger partial charge in [-0.25, -0.2) is 9.67 Å². The summed E-state index contributed by atoms with van der Waals surface area (Å²) in [6.07, 6.45) is -1.88. The van der Waals surface area contributed by atoms with Crippen LogP contribution in [0.1, 0.15) is 23.7 Å². The molecule has 0 spiro atoms. The van der Waals surface area contributed by atoms with E-state index in [1.54, 1.807) is 16.9 Å². The number of hydrogen-bond acceptors (Lipinski definition) is 5. The molecule has 10 heteroatoms. The van der Waals surface area contributed by atoms with Crippen LogP contribution in [-0.2, 0) is 23.8 Å². The molecule has 0 unspecified atom stereocenters. The van der Waals surface area contributed by atoms with Gasteiger partial charge >= 0.3 is 6.18 Å². The van der Waals surface area contributed by atoms with Crippen molar-refractivity contribution in [3.63, 3.8) is 0 Å². The monoisotopic (exact) mass is 452 g/mol. The molecule has 0 amide bonds. The van der Waals surface area contributed by atoms with Crippen LogP contribution in [-0.4, -0.2) is 34.6 Å². The zero-order chi connectivity index (χ0) is 22.3. The van der Waals surface area contributed by atoms with Gasteiger partial charge in [0.05, 0.1) is 47.5 Å². The Hall–Kier alpha value is -2.78. The first kappa shape index (κ1) is 21.5. The van der Waals surface area contributed by atoms with Gasteiger partial charge < -0.3 is 15.2 Å². The van der Waals surface area contributed by atoms with Gasteiger partial charge in [0.1, 0.15) is 11.6 Å². The minimum absolute atomic E-state index is 0.0750. The fourth-order valence-corrected chi connectivity index (χ4v) is 3.89. The third kappa shape index (κ3) is 4.07. The summed E-state index contributed by atoms with van der Waals surface area (Å²) in [6.45, 7) is 2.44. The van der Waals surface area contributed by atoms with Crippen LogP contribution in [0, 0.1) is 0 Å². The van der Waals surface area contributed by atoms with Crippen LogP contribution in [0.15, 0.2) is 30.5 Å². The van der Waals surface area contributed by atoms with Crippen LogP contribution in [0.3, 0.4) is 0 Å². The largest absolute Gasteiger partial charge is 0.496 e. The van der Waals surface area contributed by atoms with Crippen LogP contribution in [0.5, 0.6) is 5.75 Å². The smallest absolute Gasteiger partial charge is 0.419 e. The Bertz CT molecular complexity index is 1130. The number of rotatable bonds is 3. The van der Waals surface area contributed by atoms with Crippen molar-refractivity contribution in [2.24, 2.45) is 0 Å². The number of methoxy groups -OCH3 is 1. The third-order valence-corrected chi connectivity index (χ3v) is 5.51. The van der Waals surface area contributed by atoms with Gasteiger partial charge in [-0.1, -0.05) is 11.6 Å². The number of nitrogen functional groups attached to an aromatic ring is 1. The molecule has 0 saturated carbocycles. The Morgan fingerprint density at radius 2 is 2.06 bits per heavy atom. The van der Waals surface area contributed by atoms with Crippen LogP contribution >= 0.6 is 11.6 Å². The third-order valence-electron chi connectivity index (χ3n) is 5.20. The van der Waals surface area contributed by atoms with Crippen molar-refractivity contribution in [2.75, 3.05) is 19.5 Å². The number of aromatic nitrogens is 3. The number of ether oxygens (including phenoxy) is 2. The van der Waals surface area contributed by atoms with Crippen molar-refractivity contribution in [3.8, 4) is 22.7 Å². The summed E-state index contributed by atoms with van der Waals surface area (Å²) in [5, 5.41) is 5.03. The van der Waals surface area contributed by atoms with Crippen molar-refractivity contribution < 1.29 is 22.6 Å². The van der Waals surface area contributed by atoms with Crippen molar-refractivity contribution in [1.82, 2.24) is 14.8 Å². The summed E-state index contributed by atoms with van der Waals surface area (Å²) in [6, 6.07) is 5.40. The molecule has 1 aliphatic heterocycles. The summed E-state index contributed by atoms with van der Waals surface area (Å²) < 4.78 is 52.3. The molecule has 0 fully saturated rings. The van der Waals surface area contributed by atoms with Gasteiger partial charge in [0.2, 0.25) is 0 Å². The second-order valence-corrected chi connectivity index (χ2v) is 7.70. The normalized spacial score (nSPS) is 16.6. The lowest BCUT2D eigenvalue weighted by molar-refractivity contribution is -0.138. The van der Waals surface area contributed by atoms with E-state index in [2.05, 4.69) is 4.98 Å². The van der Waals surface area contributed by atoms with E-state index in [1.165, 1.54) is 19.2 Å². The summed E-state index contributed by atoms with van der Waals surface area (Å²) in [5.74, 6) is -0.0636. The van der Waals surface area contributed by atoms with E-state index in [4.69, 9.17) is 31.9 Å². The Labute approximate surface area is 181 Å². The van der Waals surface area contributed by atoms with Gasteiger partial charge in [0.25, 0.3) is 0 Å². The van der Waals surface area contributed by atoms with Crippen LogP contribution in [0.2, 0.25) is 5.02 Å². The molecular weight excluding hydrogens is 433 g/mol. The van der Waals surface area contributed by atoms with Gasteiger partial charge in [0.15, 0.2) is 0 Å². The van der Waals surface area contributed by atoms with Gasteiger partial charge in [-0.2, -0.15) is 18.3 Å². The molecule has 1 atom stereocenters. The standard InChI is InChI=1S/C21H20ClF3N4O2/c1-11-7-17-14(5-6-31-11)19(12-8-16(22)20(26)27-10-12)28-29(17)13-3-4-15(21(23,24)25)18(9-13)30-2/h3-4,8-11H,5-7H2,1-2H3,(H2,26,27)/t11-/m1/s1. The minimum Gasteiger partial charge on any atom is -0.496 e. The van der Waals surface area contributed by atoms with Crippen molar-refractivity contribution >= 4 is 17.4 Å². The maximum atomic E-state index is 13.3. The van der Waals surface area contributed by atoms with Gasteiger partial charge in [0, 0.05) is 29.8 Å². The van der Waals surface area contributed by atoms with Gasteiger partial charge in [-0.15, -0.1) is 0 Å². The van der Waals surface area contributed by atoms with Crippen molar-refractivity contribution in [2.45, 2.75) is 32.0 Å². The van der Waals surface area contributed by atoms with E-state index < -0.39 is 11.7 Å². The van der Waals surface area contributed by atoms with E-state index in [1.807, 2.05) is 6.92 Å². The Balaban J connectivity index is 1.90. The molecule has 31 heavy (non-hydrogen) atoms. The zero-order valence-electron chi connectivity index (χ0n) is 16.8. The Kier molecular flexibility index (Phi) is 5.57. The summed E-state index contributed by atoms with van der Waals surface area (Å²) >= 11 is 6.16. The average molecular weight is 453 g/mol. The van der Waals surface area contributed by atoms with Gasteiger partial charge in [-0.05, 0) is 31.5 Å². The molecule has 0 radical (unpaired) electrons. The van der Waals surface area contributed by atoms with Crippen LogP contribution in [0.4, 0.5) is 19.0 Å². The SMILES string of the molecule is COc1cc(-n2nc(-c3cnc(N)c(Cl)c3)c3c2C[C@@H](C)OCC3)ccc1C(F)(F)F. The first-order valence-electron chi connectivity index (χ1n) is 9.58. The number of halogens is 4. The predicted octanol–water partition coefficient (Wildman–Crippen LogP) is 4.70. The number of alkyl halides is 3. The molecule has 1 aromatic carbocycles. The number of anilines is 1. The molecule has 0 bridgehead atoms. The minimum atomic E-state index is -4.52. The van der Waals surface area contributed by atoms with E-state index in [0.29, 0.717) is 41.4 Å². The molecular formula is C21H20ClF3N4O2. The Morgan fingerprint density at radius 1 is 1.29 bits per heavy atom. The summed E-state index contributed by atoms with van der Waals surface area (Å²) in [7, 11) is 1.21. The fourth-order valence-electron chi connectivity index (χ4n) is 3.72. The molecule has 2 aromatic heterocycles. The van der Waals surface area contributed by atoms with Crippen LogP contribution < -0.4 is 10.5 Å². The predicted molar refractivity (Wildman–Crippen MR) is 111 cm³/mol. The number of nitrogens with two attached hydrogens (primary N) is 1. The van der Waals surface area contributed by atoms with E-state index in [0.717, 1.165) is 17.3 Å². The number of hydrogen-bond donors (Lipinski definition) is 1. The quantitative estimate of drug-likeness (QED) is 0.623. The molecule has 0 saturated heterocycles. The average Bonchev–Trinajstić information content (AvgIpc) is 2.95. The number of fused-ring (bicyclic) bond motifs is 1. The van der Waals surface area contributed by atoms with Gasteiger partial charge in [-0.3, -0.25) is 0 Å². The lowest BCUT2D eigenvalue weighted by Crippen LogP contribution is -2.14. The van der Waals surface area contributed by atoms with E-state index in [-0.39, 0.29) is 17.7 Å². The lowest BCUT2D eigenvalue weighted by atomic mass is 10.0. The highest BCUT2D eigenvalue weighted by molar-refractivity contribution is 6.33. The fraction of sp³-hybridized carbons (Fsp3) is 0.333. The Morgan fingerprint density at radius 3 is 2.74 bits per heavy atom. The van der Waals surface area contributed by atoms with Crippen LogP contribution in [0.25, 0.3) is 16.9 Å². The first-order valence-corrected chi connectivity index (χ1v) is 9.96. The second-order valence-electron chi connectivity index (χ2n) is 7.29. The number of nitrogens with zero attached hydrogens (tertiary/aromatic N) is 3. The molecule has 3 aromatic rings. The van der Waals surface area contributed by atoms with Crippen molar-refractivity contribution in [3.05, 3.63) is 52.3 Å². The van der Waals surface area contributed by atoms with Crippen molar-refractivity contribution in [1.29, 1.82) is 0 Å². The lowest BCUT2D eigenvalue weighted by Gasteiger charge is -2.15. The zero-order valence-corrected chi connectivity index (χ0v) is 17.6. The highest BCUT2D eigenvalue weighted by Crippen LogP contribution is 2.38. The maximum Gasteiger partial charge on any atom is 0.419 e. The molecule has 6 nitrogen and oxygen atoms in total. The molecule has 2 N–H and O–H groups in total. The summed E-state index contributed by atoms with van der Waals surface area (Å²) in [4.78, 5) is 4.11. The van der Waals surface area contributed by atoms with E-state index in [9.17, 15) is 13.2 Å². The maximum absolute atomic E-state index is 13.3. The number of benzene rings is 1. The number of pyridine rings is 1. The first-order chi connectivity index (χ1) is 14.7. The molecule has 4 rings (SSSR count). The highest BCUT2D eigenvalue weighted by Gasteiger charge is 2.35.